The average molecular weight is 333 g/mol. The van der Waals surface area contributed by atoms with Gasteiger partial charge >= 0.3 is 0 Å². The quantitative estimate of drug-likeness (QED) is 0.753. The molecule has 1 aliphatic rings. The molecule has 2 amide bonds. The Labute approximate surface area is 143 Å². The number of carbonyl (C=O) groups excluding carboxylic acids is 2. The lowest BCUT2D eigenvalue weighted by Crippen LogP contribution is -2.54. The monoisotopic (exact) mass is 333 g/mol. The van der Waals surface area contributed by atoms with Crippen molar-refractivity contribution in [3.8, 4) is 0 Å². The third-order valence-corrected chi connectivity index (χ3v) is 4.37. The van der Waals surface area contributed by atoms with Crippen LogP contribution in [0.3, 0.4) is 0 Å². The van der Waals surface area contributed by atoms with Crippen LogP contribution in [0.5, 0.6) is 0 Å². The minimum atomic E-state index is -0.716. The van der Waals surface area contributed by atoms with E-state index in [2.05, 4.69) is 5.32 Å². The van der Waals surface area contributed by atoms with Gasteiger partial charge in [-0.05, 0) is 11.0 Å². The fourth-order valence-corrected chi connectivity index (χ4v) is 2.76. The topological polar surface area (TPSA) is 95.7 Å². The van der Waals surface area contributed by atoms with Crippen molar-refractivity contribution in [1.82, 2.24) is 10.2 Å². The smallest absolute Gasteiger partial charge is 0.243 e. The minimum absolute atomic E-state index is 0.145. The lowest BCUT2D eigenvalue weighted by Gasteiger charge is -2.32. The molecule has 0 saturated carbocycles. The van der Waals surface area contributed by atoms with Crippen molar-refractivity contribution in [3.05, 3.63) is 35.9 Å². The molecule has 0 radical (unpaired) electrons. The van der Waals surface area contributed by atoms with Gasteiger partial charge in [0.05, 0.1) is 12.1 Å². The van der Waals surface area contributed by atoms with Crippen molar-refractivity contribution in [2.45, 2.75) is 51.9 Å². The summed E-state index contributed by atoms with van der Waals surface area (Å²) in [4.78, 5) is 26.5. The van der Waals surface area contributed by atoms with Gasteiger partial charge in [0, 0.05) is 19.5 Å². The molecule has 132 valence electrons. The number of β-amino-alcohol motifs (C(OH)–C–C–N with tert-alkyl or cyclic N) is 1. The Morgan fingerprint density at radius 3 is 2.54 bits per heavy atom. The number of amides is 2. The number of rotatable bonds is 4. The van der Waals surface area contributed by atoms with Crippen molar-refractivity contribution in [1.29, 1.82) is 0 Å². The SMILES string of the molecule is CC(C)(C)[C@H](N)C(=O)N1C[C@H](O)C[C@H]1C(=O)NCc1ccccc1. The molecule has 1 heterocycles. The first kappa shape index (κ1) is 18.4. The van der Waals surface area contributed by atoms with Crippen LogP contribution in [0.25, 0.3) is 0 Å². The molecule has 1 aromatic carbocycles. The van der Waals surface area contributed by atoms with Crippen molar-refractivity contribution < 1.29 is 14.7 Å². The summed E-state index contributed by atoms with van der Waals surface area (Å²) in [7, 11) is 0. The number of nitrogens with zero attached hydrogens (tertiary/aromatic N) is 1. The van der Waals surface area contributed by atoms with Crippen LogP contribution in [-0.2, 0) is 16.1 Å². The summed E-state index contributed by atoms with van der Waals surface area (Å²) >= 11 is 0. The molecule has 1 saturated heterocycles. The van der Waals surface area contributed by atoms with E-state index in [1.54, 1.807) is 0 Å². The number of benzene rings is 1. The number of hydrogen-bond acceptors (Lipinski definition) is 4. The molecule has 1 fully saturated rings. The Morgan fingerprint density at radius 2 is 1.96 bits per heavy atom. The molecule has 1 aliphatic heterocycles. The molecule has 6 heteroatoms. The van der Waals surface area contributed by atoms with E-state index in [0.29, 0.717) is 6.54 Å². The maximum Gasteiger partial charge on any atom is 0.243 e. The van der Waals surface area contributed by atoms with Gasteiger partial charge in [0.2, 0.25) is 11.8 Å². The Hall–Kier alpha value is -1.92. The third-order valence-electron chi connectivity index (χ3n) is 4.37. The van der Waals surface area contributed by atoms with E-state index in [9.17, 15) is 14.7 Å². The van der Waals surface area contributed by atoms with Crippen molar-refractivity contribution >= 4 is 11.8 Å². The summed E-state index contributed by atoms with van der Waals surface area (Å²) in [5.41, 5.74) is 6.62. The van der Waals surface area contributed by atoms with E-state index >= 15 is 0 Å². The molecule has 0 bridgehead atoms. The van der Waals surface area contributed by atoms with Crippen LogP contribution < -0.4 is 11.1 Å². The van der Waals surface area contributed by atoms with Crippen LogP contribution in [0.2, 0.25) is 0 Å². The molecular formula is C18H27N3O3. The van der Waals surface area contributed by atoms with Gasteiger partial charge in [-0.1, -0.05) is 51.1 Å². The fourth-order valence-electron chi connectivity index (χ4n) is 2.76. The first-order chi connectivity index (χ1) is 11.2. The summed E-state index contributed by atoms with van der Waals surface area (Å²) in [6.07, 6.45) is -0.461. The van der Waals surface area contributed by atoms with Gasteiger partial charge in [0.15, 0.2) is 0 Å². The highest BCUT2D eigenvalue weighted by Gasteiger charge is 2.42. The standard InChI is InChI=1S/C18H27N3O3/c1-18(2,3)15(19)17(24)21-11-13(22)9-14(21)16(23)20-10-12-7-5-4-6-8-12/h4-8,13-15,22H,9-11,19H2,1-3H3,(H,20,23)/t13-,14+,15-/m1/s1. The normalized spacial score (nSPS) is 22.3. The molecule has 3 atom stereocenters. The summed E-state index contributed by atoms with van der Waals surface area (Å²) in [5, 5.41) is 12.8. The molecule has 0 unspecified atom stereocenters. The lowest BCUT2D eigenvalue weighted by molar-refractivity contribution is -0.141. The van der Waals surface area contributed by atoms with Gasteiger partial charge in [0.25, 0.3) is 0 Å². The van der Waals surface area contributed by atoms with Gasteiger partial charge in [-0.15, -0.1) is 0 Å². The van der Waals surface area contributed by atoms with Crippen LogP contribution >= 0.6 is 0 Å². The van der Waals surface area contributed by atoms with E-state index in [0.717, 1.165) is 5.56 Å². The average Bonchev–Trinajstić information content (AvgIpc) is 2.93. The number of nitrogens with two attached hydrogens (primary N) is 1. The van der Waals surface area contributed by atoms with E-state index in [1.807, 2.05) is 51.1 Å². The fraction of sp³-hybridized carbons (Fsp3) is 0.556. The Balaban J connectivity index is 2.04. The zero-order valence-electron chi connectivity index (χ0n) is 14.5. The molecule has 1 aromatic rings. The number of nitrogens with one attached hydrogen (secondary N) is 1. The number of carbonyl (C=O) groups is 2. The van der Waals surface area contributed by atoms with Crippen LogP contribution in [0.4, 0.5) is 0 Å². The van der Waals surface area contributed by atoms with Gasteiger partial charge in [0.1, 0.15) is 6.04 Å². The molecule has 0 aliphatic carbocycles. The number of aliphatic hydroxyl groups is 1. The van der Waals surface area contributed by atoms with Crippen molar-refractivity contribution in [2.75, 3.05) is 6.54 Å². The second-order valence-corrected chi connectivity index (χ2v) is 7.44. The second-order valence-electron chi connectivity index (χ2n) is 7.44. The highest BCUT2D eigenvalue weighted by molar-refractivity contribution is 5.90. The van der Waals surface area contributed by atoms with Gasteiger partial charge in [-0.3, -0.25) is 9.59 Å². The predicted octanol–water partition coefficient (Wildman–Crippen LogP) is 0.638. The Kier molecular flexibility index (Phi) is 5.62. The summed E-state index contributed by atoms with van der Waals surface area (Å²) in [5.74, 6) is -0.552. The second kappa shape index (κ2) is 7.32. The molecular weight excluding hydrogens is 306 g/mol. The number of likely N-dealkylation sites (tertiary alicyclic amines) is 1. The highest BCUT2D eigenvalue weighted by Crippen LogP contribution is 2.24. The summed E-state index contributed by atoms with van der Waals surface area (Å²) in [6.45, 7) is 6.18. The largest absolute Gasteiger partial charge is 0.391 e. The maximum absolute atomic E-state index is 12.6. The van der Waals surface area contributed by atoms with E-state index in [-0.39, 0.29) is 24.8 Å². The lowest BCUT2D eigenvalue weighted by atomic mass is 9.86. The maximum atomic E-state index is 12.6. The van der Waals surface area contributed by atoms with Gasteiger partial charge < -0.3 is 21.1 Å². The molecule has 0 aromatic heterocycles. The number of hydrogen-bond donors (Lipinski definition) is 3. The van der Waals surface area contributed by atoms with E-state index in [4.69, 9.17) is 5.73 Å². The van der Waals surface area contributed by atoms with E-state index in [1.165, 1.54) is 4.90 Å². The minimum Gasteiger partial charge on any atom is -0.391 e. The zero-order chi connectivity index (χ0) is 17.9. The van der Waals surface area contributed by atoms with Gasteiger partial charge in [-0.2, -0.15) is 0 Å². The molecule has 0 spiro atoms. The molecule has 6 nitrogen and oxygen atoms in total. The van der Waals surface area contributed by atoms with Crippen LogP contribution in [0, 0.1) is 5.41 Å². The predicted molar refractivity (Wildman–Crippen MR) is 91.8 cm³/mol. The molecule has 2 rings (SSSR count). The molecule has 24 heavy (non-hydrogen) atoms. The van der Waals surface area contributed by atoms with E-state index < -0.39 is 23.6 Å². The summed E-state index contributed by atoms with van der Waals surface area (Å²) in [6, 6.07) is 8.16. The van der Waals surface area contributed by atoms with Crippen LogP contribution in [0.15, 0.2) is 30.3 Å². The zero-order valence-corrected chi connectivity index (χ0v) is 14.5. The Bertz CT molecular complexity index is 583. The third kappa shape index (κ3) is 4.33. The summed E-state index contributed by atoms with van der Waals surface area (Å²) < 4.78 is 0. The first-order valence-corrected chi connectivity index (χ1v) is 8.26. The van der Waals surface area contributed by atoms with Crippen LogP contribution in [0.1, 0.15) is 32.8 Å². The number of aliphatic hydroxyl groups excluding tert-OH is 1. The first-order valence-electron chi connectivity index (χ1n) is 8.26. The highest BCUT2D eigenvalue weighted by atomic mass is 16.3. The van der Waals surface area contributed by atoms with Crippen LogP contribution in [-0.4, -0.2) is 46.6 Å². The molecule has 4 N–H and O–H groups in total. The van der Waals surface area contributed by atoms with Crippen molar-refractivity contribution in [3.63, 3.8) is 0 Å². The van der Waals surface area contributed by atoms with Crippen molar-refractivity contribution in [2.24, 2.45) is 11.1 Å². The Morgan fingerprint density at radius 1 is 1.33 bits per heavy atom. The van der Waals surface area contributed by atoms with Gasteiger partial charge in [-0.25, -0.2) is 0 Å².